The van der Waals surface area contributed by atoms with E-state index in [0.717, 1.165) is 17.0 Å². The zero-order valence-electron chi connectivity index (χ0n) is 13.9. The molecule has 0 aliphatic heterocycles. The van der Waals surface area contributed by atoms with Crippen LogP contribution in [0.3, 0.4) is 0 Å². The Hall–Kier alpha value is -3.21. The Kier molecular flexibility index (Phi) is 4.48. The van der Waals surface area contributed by atoms with E-state index in [1.807, 2.05) is 24.5 Å². The molecule has 5 heteroatoms. The van der Waals surface area contributed by atoms with E-state index in [1.54, 1.807) is 36.5 Å². The number of carbonyl (C=O) groups is 1. The van der Waals surface area contributed by atoms with Crippen molar-refractivity contribution in [3.8, 4) is 5.69 Å². The van der Waals surface area contributed by atoms with Gasteiger partial charge in [-0.2, -0.15) is 0 Å². The van der Waals surface area contributed by atoms with Crippen molar-refractivity contribution < 1.29 is 14.3 Å². The van der Waals surface area contributed by atoms with Crippen LogP contribution in [-0.2, 0) is 0 Å². The van der Waals surface area contributed by atoms with Gasteiger partial charge in [-0.1, -0.05) is 12.1 Å². The Bertz CT molecular complexity index is 956. The highest BCUT2D eigenvalue weighted by molar-refractivity contribution is 5.88. The Morgan fingerprint density at radius 2 is 1.80 bits per heavy atom. The second-order valence-corrected chi connectivity index (χ2v) is 5.72. The van der Waals surface area contributed by atoms with Gasteiger partial charge in [0.25, 0.3) is 0 Å². The smallest absolute Gasteiger partial charge is 0.335 e. The highest BCUT2D eigenvalue weighted by atomic mass is 19.1. The van der Waals surface area contributed by atoms with Gasteiger partial charge in [-0.25, -0.2) is 9.18 Å². The molecule has 1 N–H and O–H groups in total. The van der Waals surface area contributed by atoms with Crippen LogP contribution in [0, 0.1) is 19.7 Å². The van der Waals surface area contributed by atoms with Crippen molar-refractivity contribution in [2.75, 3.05) is 0 Å². The summed E-state index contributed by atoms with van der Waals surface area (Å²) in [6.07, 6.45) is 1.70. The van der Waals surface area contributed by atoms with Gasteiger partial charge in [0.05, 0.1) is 16.9 Å². The number of aromatic carboxylic acids is 1. The lowest BCUT2D eigenvalue weighted by Crippen LogP contribution is -2.02. The van der Waals surface area contributed by atoms with E-state index in [4.69, 9.17) is 5.11 Å². The maximum absolute atomic E-state index is 14.1. The van der Waals surface area contributed by atoms with Crippen molar-refractivity contribution >= 4 is 17.9 Å². The quantitative estimate of drug-likeness (QED) is 0.703. The molecule has 0 aliphatic carbocycles. The number of halogens is 1. The highest BCUT2D eigenvalue weighted by Crippen LogP contribution is 2.22. The molecule has 0 amide bonds. The zero-order chi connectivity index (χ0) is 18.0. The largest absolute Gasteiger partial charge is 0.478 e. The summed E-state index contributed by atoms with van der Waals surface area (Å²) >= 11 is 0. The summed E-state index contributed by atoms with van der Waals surface area (Å²) < 4.78 is 15.9. The molecule has 0 saturated carbocycles. The topological polar surface area (TPSA) is 54.6 Å². The van der Waals surface area contributed by atoms with Crippen LogP contribution in [0.5, 0.6) is 0 Å². The summed E-state index contributed by atoms with van der Waals surface area (Å²) in [4.78, 5) is 15.3. The number of benzene rings is 2. The molecule has 126 valence electrons. The minimum absolute atomic E-state index is 0.219. The minimum atomic E-state index is -0.969. The summed E-state index contributed by atoms with van der Waals surface area (Å²) in [5.74, 6) is -1.25. The maximum atomic E-state index is 14.1. The summed E-state index contributed by atoms with van der Waals surface area (Å²) in [6.45, 7) is 3.83. The predicted octanol–water partition coefficient (Wildman–Crippen LogP) is 4.68. The molecule has 25 heavy (non-hydrogen) atoms. The number of aryl methyl sites for hydroxylation is 1. The number of carboxylic acids is 1. The predicted molar refractivity (Wildman–Crippen MR) is 95.9 cm³/mol. The first-order valence-corrected chi connectivity index (χ1v) is 7.78. The molecule has 3 aromatic rings. The fraction of sp³-hybridized carbons (Fsp3) is 0.100. The first-order chi connectivity index (χ1) is 12.0. The number of aliphatic imine (C=N–C) groups is 1. The molecule has 0 saturated heterocycles. The summed E-state index contributed by atoms with van der Waals surface area (Å²) in [5.41, 5.74) is 4.04. The molecule has 0 unspecified atom stereocenters. The number of hydrogen-bond donors (Lipinski definition) is 1. The molecule has 0 fully saturated rings. The number of hydrogen-bond acceptors (Lipinski definition) is 2. The van der Waals surface area contributed by atoms with Crippen molar-refractivity contribution in [1.29, 1.82) is 0 Å². The molecule has 0 bridgehead atoms. The molecule has 0 spiro atoms. The first kappa shape index (κ1) is 16.6. The molecular weight excluding hydrogens is 319 g/mol. The zero-order valence-corrected chi connectivity index (χ0v) is 13.9. The van der Waals surface area contributed by atoms with Crippen LogP contribution in [-0.4, -0.2) is 21.9 Å². The standard InChI is InChI=1S/C20H17FN2O2/c1-13-11-16(12-22-17-9-7-15(8-10-17)20(24)25)14(2)23(13)19-6-4-3-5-18(19)21/h3-12H,1-2H3,(H,24,25). The third-order valence-corrected chi connectivity index (χ3v) is 4.03. The van der Waals surface area contributed by atoms with Crippen LogP contribution in [0.25, 0.3) is 5.69 Å². The summed E-state index contributed by atoms with van der Waals surface area (Å²) in [7, 11) is 0. The average Bonchev–Trinajstić information content (AvgIpc) is 2.88. The number of aromatic nitrogens is 1. The molecule has 0 atom stereocenters. The highest BCUT2D eigenvalue weighted by Gasteiger charge is 2.12. The normalized spacial score (nSPS) is 11.2. The van der Waals surface area contributed by atoms with Crippen molar-refractivity contribution in [1.82, 2.24) is 4.57 Å². The van der Waals surface area contributed by atoms with Crippen LogP contribution >= 0.6 is 0 Å². The van der Waals surface area contributed by atoms with E-state index in [1.165, 1.54) is 18.2 Å². The van der Waals surface area contributed by atoms with Gasteiger partial charge in [0.2, 0.25) is 0 Å². The second-order valence-electron chi connectivity index (χ2n) is 5.72. The van der Waals surface area contributed by atoms with Gasteiger partial charge in [-0.05, 0) is 56.3 Å². The van der Waals surface area contributed by atoms with Crippen molar-refractivity contribution in [3.05, 3.63) is 82.9 Å². The van der Waals surface area contributed by atoms with E-state index in [-0.39, 0.29) is 11.4 Å². The van der Waals surface area contributed by atoms with Crippen LogP contribution in [0.15, 0.2) is 59.6 Å². The van der Waals surface area contributed by atoms with Gasteiger partial charge >= 0.3 is 5.97 Å². The Labute approximate surface area is 144 Å². The number of nitrogens with zero attached hydrogens (tertiary/aromatic N) is 2. The van der Waals surface area contributed by atoms with Crippen LogP contribution in [0.2, 0.25) is 0 Å². The first-order valence-electron chi connectivity index (χ1n) is 7.78. The molecule has 0 aliphatic rings. The Balaban J connectivity index is 1.93. The van der Waals surface area contributed by atoms with E-state index in [9.17, 15) is 9.18 Å². The lowest BCUT2D eigenvalue weighted by atomic mass is 10.2. The van der Waals surface area contributed by atoms with Crippen LogP contribution in [0.1, 0.15) is 27.3 Å². The average molecular weight is 336 g/mol. The third-order valence-electron chi connectivity index (χ3n) is 4.03. The van der Waals surface area contributed by atoms with Crippen LogP contribution < -0.4 is 0 Å². The van der Waals surface area contributed by atoms with Gasteiger partial charge < -0.3 is 9.67 Å². The number of carboxylic acid groups (broad SMARTS) is 1. The van der Waals surface area contributed by atoms with Crippen LogP contribution in [0.4, 0.5) is 10.1 Å². The summed E-state index contributed by atoms with van der Waals surface area (Å²) in [5, 5.41) is 8.91. The molecule has 1 aromatic heterocycles. The van der Waals surface area contributed by atoms with Crippen molar-refractivity contribution in [2.24, 2.45) is 4.99 Å². The minimum Gasteiger partial charge on any atom is -0.478 e. The molecule has 3 rings (SSSR count). The van der Waals surface area contributed by atoms with E-state index in [2.05, 4.69) is 4.99 Å². The molecule has 1 heterocycles. The molecule has 0 radical (unpaired) electrons. The van der Waals surface area contributed by atoms with E-state index < -0.39 is 5.97 Å². The monoisotopic (exact) mass is 336 g/mol. The Morgan fingerprint density at radius 1 is 1.12 bits per heavy atom. The SMILES string of the molecule is Cc1cc(C=Nc2ccc(C(=O)O)cc2)c(C)n1-c1ccccc1F. The van der Waals surface area contributed by atoms with E-state index >= 15 is 0 Å². The van der Waals surface area contributed by atoms with Crippen molar-refractivity contribution in [3.63, 3.8) is 0 Å². The van der Waals surface area contributed by atoms with Gasteiger partial charge in [0.1, 0.15) is 5.82 Å². The molecule has 4 nitrogen and oxygen atoms in total. The number of para-hydroxylation sites is 1. The fourth-order valence-corrected chi connectivity index (χ4v) is 2.76. The van der Waals surface area contributed by atoms with E-state index in [0.29, 0.717) is 11.4 Å². The van der Waals surface area contributed by atoms with Gasteiger partial charge in [-0.3, -0.25) is 4.99 Å². The lowest BCUT2D eigenvalue weighted by Gasteiger charge is -2.10. The van der Waals surface area contributed by atoms with Gasteiger partial charge in [0.15, 0.2) is 0 Å². The van der Waals surface area contributed by atoms with Gasteiger partial charge in [-0.15, -0.1) is 0 Å². The van der Waals surface area contributed by atoms with Gasteiger partial charge in [0, 0.05) is 23.2 Å². The summed E-state index contributed by atoms with van der Waals surface area (Å²) in [6, 6.07) is 14.9. The maximum Gasteiger partial charge on any atom is 0.335 e. The Morgan fingerprint density at radius 3 is 2.44 bits per heavy atom. The third kappa shape index (κ3) is 3.35. The van der Waals surface area contributed by atoms with Crippen molar-refractivity contribution in [2.45, 2.75) is 13.8 Å². The second kappa shape index (κ2) is 6.73. The fourth-order valence-electron chi connectivity index (χ4n) is 2.76. The lowest BCUT2D eigenvalue weighted by molar-refractivity contribution is 0.0697. The number of rotatable bonds is 4. The molecular formula is C20H17FN2O2. The molecule has 2 aromatic carbocycles.